The highest BCUT2D eigenvalue weighted by Crippen LogP contribution is 2.29. The second-order valence-corrected chi connectivity index (χ2v) is 3.66. The topological polar surface area (TPSA) is 70.0 Å². The van der Waals surface area contributed by atoms with Crippen molar-refractivity contribution in [3.63, 3.8) is 0 Å². The lowest BCUT2D eigenvalue weighted by atomic mass is 9.81. The maximum atomic E-state index is 13.5. The Morgan fingerprint density at radius 2 is 2.27 bits per heavy atom. The van der Waals surface area contributed by atoms with Gasteiger partial charge in [0.1, 0.15) is 5.82 Å². The summed E-state index contributed by atoms with van der Waals surface area (Å²) in [6.45, 7) is 1.44. The summed E-state index contributed by atoms with van der Waals surface area (Å²) in [5.41, 5.74) is 5.00. The quantitative estimate of drug-likeness (QED) is 0.741. The number of rotatable bonds is 3. The van der Waals surface area contributed by atoms with Gasteiger partial charge >= 0.3 is 0 Å². The summed E-state index contributed by atoms with van der Waals surface area (Å²) in [5, 5.41) is 17.8. The van der Waals surface area contributed by atoms with Gasteiger partial charge in [0.05, 0.1) is 11.5 Å². The Balaban J connectivity index is 3.19. The van der Waals surface area contributed by atoms with Crippen molar-refractivity contribution in [3.8, 4) is 6.07 Å². The van der Waals surface area contributed by atoms with Gasteiger partial charge in [0.15, 0.2) is 0 Å². The van der Waals surface area contributed by atoms with Crippen LogP contribution in [0.5, 0.6) is 0 Å². The summed E-state index contributed by atoms with van der Waals surface area (Å²) in [6, 6.07) is 6.23. The highest BCUT2D eigenvalue weighted by Gasteiger charge is 2.28. The summed E-state index contributed by atoms with van der Waals surface area (Å²) in [5.74, 6) is -0.507. The average Bonchev–Trinajstić information content (AvgIpc) is 2.17. The molecule has 1 unspecified atom stereocenters. The third-order valence-electron chi connectivity index (χ3n) is 2.45. The van der Waals surface area contributed by atoms with Gasteiger partial charge in [-0.3, -0.25) is 0 Å². The van der Waals surface area contributed by atoms with Crippen LogP contribution in [0, 0.1) is 17.1 Å². The Kier molecular flexibility index (Phi) is 3.28. The molecule has 1 aromatic rings. The predicted molar refractivity (Wildman–Crippen MR) is 55.5 cm³/mol. The molecule has 0 heterocycles. The largest absolute Gasteiger partial charge is 0.399 e. The number of halogens is 1. The summed E-state index contributed by atoms with van der Waals surface area (Å²) < 4.78 is 13.5. The molecule has 15 heavy (non-hydrogen) atoms. The minimum atomic E-state index is -1.01. The molecule has 0 aliphatic heterocycles. The molecule has 0 radical (unpaired) electrons. The van der Waals surface area contributed by atoms with Crippen molar-refractivity contribution in [2.75, 3.05) is 12.3 Å². The van der Waals surface area contributed by atoms with Crippen LogP contribution in [0.4, 0.5) is 10.1 Å². The third kappa shape index (κ3) is 2.25. The number of benzene rings is 1. The zero-order valence-electron chi connectivity index (χ0n) is 8.50. The minimum absolute atomic E-state index is 0.159. The number of aliphatic hydroxyl groups is 1. The maximum Gasteiger partial charge on any atom is 0.130 e. The van der Waals surface area contributed by atoms with Crippen LogP contribution in [0.2, 0.25) is 0 Å². The van der Waals surface area contributed by atoms with Crippen LogP contribution >= 0.6 is 0 Å². The first kappa shape index (κ1) is 11.5. The van der Waals surface area contributed by atoms with Crippen molar-refractivity contribution < 1.29 is 9.50 Å². The van der Waals surface area contributed by atoms with E-state index in [1.165, 1.54) is 12.1 Å². The van der Waals surface area contributed by atoms with E-state index >= 15 is 0 Å². The third-order valence-corrected chi connectivity index (χ3v) is 2.45. The molecule has 80 valence electrons. The SMILES string of the molecule is CC(C#N)(CCO)c1ccc(N)cc1F. The highest BCUT2D eigenvalue weighted by molar-refractivity contribution is 5.44. The number of anilines is 1. The average molecular weight is 208 g/mol. The van der Waals surface area contributed by atoms with Gasteiger partial charge < -0.3 is 10.8 Å². The van der Waals surface area contributed by atoms with Crippen molar-refractivity contribution in [2.45, 2.75) is 18.8 Å². The summed E-state index contributed by atoms with van der Waals surface area (Å²) in [4.78, 5) is 0. The van der Waals surface area contributed by atoms with E-state index < -0.39 is 11.2 Å². The lowest BCUT2D eigenvalue weighted by molar-refractivity contribution is 0.262. The predicted octanol–water partition coefficient (Wildman–Crippen LogP) is 1.57. The molecule has 0 amide bonds. The van der Waals surface area contributed by atoms with Crippen molar-refractivity contribution in [2.24, 2.45) is 0 Å². The molecule has 0 spiro atoms. The van der Waals surface area contributed by atoms with Crippen LogP contribution in [-0.4, -0.2) is 11.7 Å². The van der Waals surface area contributed by atoms with Gasteiger partial charge in [-0.2, -0.15) is 5.26 Å². The van der Waals surface area contributed by atoms with Crippen LogP contribution in [0.1, 0.15) is 18.9 Å². The Bertz CT molecular complexity index is 400. The molecule has 0 aliphatic carbocycles. The molecule has 0 aromatic heterocycles. The van der Waals surface area contributed by atoms with Gasteiger partial charge in [0.25, 0.3) is 0 Å². The van der Waals surface area contributed by atoms with E-state index in [-0.39, 0.29) is 18.6 Å². The van der Waals surface area contributed by atoms with E-state index in [1.54, 1.807) is 13.0 Å². The molecular formula is C11H13FN2O. The molecule has 1 rings (SSSR count). The molecule has 0 saturated carbocycles. The summed E-state index contributed by atoms with van der Waals surface area (Å²) in [7, 11) is 0. The Hall–Kier alpha value is -1.60. The van der Waals surface area contributed by atoms with Gasteiger partial charge in [-0.15, -0.1) is 0 Å². The van der Waals surface area contributed by atoms with Gasteiger partial charge in [-0.05, 0) is 25.5 Å². The molecule has 0 saturated heterocycles. The summed E-state index contributed by atoms with van der Waals surface area (Å²) >= 11 is 0. The first-order valence-electron chi connectivity index (χ1n) is 4.61. The number of nitrogen functional groups attached to an aromatic ring is 1. The van der Waals surface area contributed by atoms with E-state index in [9.17, 15) is 4.39 Å². The van der Waals surface area contributed by atoms with Gasteiger partial charge in [-0.25, -0.2) is 4.39 Å². The van der Waals surface area contributed by atoms with Crippen LogP contribution in [0.15, 0.2) is 18.2 Å². The van der Waals surface area contributed by atoms with Gasteiger partial charge in [-0.1, -0.05) is 6.07 Å². The summed E-state index contributed by atoms with van der Waals surface area (Å²) in [6.07, 6.45) is 0.199. The Labute approximate surface area is 87.9 Å². The first-order valence-corrected chi connectivity index (χ1v) is 4.61. The van der Waals surface area contributed by atoms with Gasteiger partial charge in [0.2, 0.25) is 0 Å². The number of nitriles is 1. The van der Waals surface area contributed by atoms with Crippen molar-refractivity contribution in [1.82, 2.24) is 0 Å². The van der Waals surface area contributed by atoms with E-state index in [4.69, 9.17) is 16.1 Å². The molecule has 1 aromatic carbocycles. The van der Waals surface area contributed by atoms with Crippen LogP contribution in [-0.2, 0) is 5.41 Å². The fraction of sp³-hybridized carbons (Fsp3) is 0.364. The second kappa shape index (κ2) is 4.28. The van der Waals surface area contributed by atoms with Crippen molar-refractivity contribution >= 4 is 5.69 Å². The molecule has 3 nitrogen and oxygen atoms in total. The monoisotopic (exact) mass is 208 g/mol. The number of hydrogen-bond acceptors (Lipinski definition) is 3. The van der Waals surface area contributed by atoms with E-state index in [0.717, 1.165) is 0 Å². The molecule has 0 aliphatic rings. The zero-order chi connectivity index (χ0) is 11.5. The second-order valence-electron chi connectivity index (χ2n) is 3.66. The van der Waals surface area contributed by atoms with E-state index in [0.29, 0.717) is 5.69 Å². The standard InChI is InChI=1S/C11H13FN2O/c1-11(7-13,4-5-15)9-3-2-8(14)6-10(9)12/h2-3,6,15H,4-5,14H2,1H3. The minimum Gasteiger partial charge on any atom is -0.399 e. The van der Waals surface area contributed by atoms with Crippen molar-refractivity contribution in [3.05, 3.63) is 29.6 Å². The van der Waals surface area contributed by atoms with Gasteiger partial charge in [0, 0.05) is 17.9 Å². The van der Waals surface area contributed by atoms with Crippen LogP contribution < -0.4 is 5.73 Å². The lowest BCUT2D eigenvalue weighted by Gasteiger charge is -2.21. The number of hydrogen-bond donors (Lipinski definition) is 2. The highest BCUT2D eigenvalue weighted by atomic mass is 19.1. The molecule has 0 fully saturated rings. The zero-order valence-corrected chi connectivity index (χ0v) is 8.50. The normalized spacial score (nSPS) is 14.3. The Morgan fingerprint density at radius 3 is 2.73 bits per heavy atom. The van der Waals surface area contributed by atoms with Crippen LogP contribution in [0.3, 0.4) is 0 Å². The van der Waals surface area contributed by atoms with E-state index in [2.05, 4.69) is 0 Å². The molecule has 0 bridgehead atoms. The first-order chi connectivity index (χ1) is 7.03. The molecular weight excluding hydrogens is 195 g/mol. The fourth-order valence-electron chi connectivity index (χ4n) is 1.45. The number of nitrogens with zero attached hydrogens (tertiary/aromatic N) is 1. The molecule has 3 N–H and O–H groups in total. The van der Waals surface area contributed by atoms with E-state index in [1.807, 2.05) is 6.07 Å². The Morgan fingerprint density at radius 1 is 1.60 bits per heavy atom. The number of nitrogens with two attached hydrogens (primary N) is 1. The maximum absolute atomic E-state index is 13.5. The van der Waals surface area contributed by atoms with Crippen LogP contribution in [0.25, 0.3) is 0 Å². The van der Waals surface area contributed by atoms with Crippen molar-refractivity contribution in [1.29, 1.82) is 5.26 Å². The number of aliphatic hydroxyl groups excluding tert-OH is 1. The molecule has 4 heteroatoms. The lowest BCUT2D eigenvalue weighted by Crippen LogP contribution is -2.22. The smallest absolute Gasteiger partial charge is 0.130 e. The fourth-order valence-corrected chi connectivity index (χ4v) is 1.45. The molecule has 1 atom stereocenters.